The summed E-state index contributed by atoms with van der Waals surface area (Å²) in [7, 11) is 0. The lowest BCUT2D eigenvalue weighted by molar-refractivity contribution is 0.0737. The molecule has 1 amide bonds. The summed E-state index contributed by atoms with van der Waals surface area (Å²) in [6.07, 6.45) is 1.93. The molecule has 0 spiro atoms. The van der Waals surface area contributed by atoms with Crippen LogP contribution in [0.1, 0.15) is 17.0 Å². The second-order valence-electron chi connectivity index (χ2n) is 6.31. The van der Waals surface area contributed by atoms with Gasteiger partial charge in [0.1, 0.15) is 5.58 Å². The van der Waals surface area contributed by atoms with Crippen LogP contribution in [-0.2, 0) is 0 Å². The van der Waals surface area contributed by atoms with Crippen molar-refractivity contribution in [1.29, 1.82) is 0 Å². The monoisotopic (exact) mass is 370 g/mol. The molecule has 0 bridgehead atoms. The molecular formula is C18H19FN6O2. The normalized spacial score (nSPS) is 14.9. The molecule has 1 aliphatic heterocycles. The number of furan rings is 1. The highest BCUT2D eigenvalue weighted by Gasteiger charge is 2.20. The zero-order valence-corrected chi connectivity index (χ0v) is 14.5. The van der Waals surface area contributed by atoms with Gasteiger partial charge in [0.25, 0.3) is 5.91 Å². The predicted molar refractivity (Wildman–Crippen MR) is 99.3 cm³/mol. The van der Waals surface area contributed by atoms with Crippen LogP contribution in [0, 0.1) is 5.82 Å². The number of anilines is 3. The minimum absolute atomic E-state index is 0.112. The zero-order valence-electron chi connectivity index (χ0n) is 14.5. The van der Waals surface area contributed by atoms with Crippen molar-refractivity contribution in [3.63, 3.8) is 0 Å². The van der Waals surface area contributed by atoms with Crippen molar-refractivity contribution < 1.29 is 13.6 Å². The molecule has 140 valence electrons. The molecule has 1 aliphatic rings. The van der Waals surface area contributed by atoms with E-state index in [4.69, 9.17) is 10.2 Å². The number of aromatic nitrogens is 2. The first-order valence-corrected chi connectivity index (χ1v) is 8.69. The van der Waals surface area contributed by atoms with E-state index in [1.807, 2.05) is 6.07 Å². The molecule has 27 heavy (non-hydrogen) atoms. The summed E-state index contributed by atoms with van der Waals surface area (Å²) in [6.45, 7) is 3.06. The van der Waals surface area contributed by atoms with E-state index in [1.54, 1.807) is 23.1 Å². The largest absolute Gasteiger partial charge is 0.451 e. The van der Waals surface area contributed by atoms with E-state index < -0.39 is 5.82 Å². The van der Waals surface area contributed by atoms with Gasteiger partial charge < -0.3 is 25.7 Å². The quantitative estimate of drug-likeness (QED) is 0.648. The Kier molecular flexibility index (Phi) is 4.59. The van der Waals surface area contributed by atoms with Crippen LogP contribution >= 0.6 is 0 Å². The number of carbonyl (C=O) groups excluding carboxylic acids is 1. The number of benzene rings is 1. The highest BCUT2D eigenvalue weighted by atomic mass is 19.1. The Hall–Kier alpha value is -3.20. The van der Waals surface area contributed by atoms with Crippen LogP contribution in [0.15, 0.2) is 34.9 Å². The van der Waals surface area contributed by atoms with E-state index in [2.05, 4.69) is 20.6 Å². The van der Waals surface area contributed by atoms with E-state index in [1.165, 1.54) is 0 Å². The molecule has 2 aromatic heterocycles. The minimum Gasteiger partial charge on any atom is -0.451 e. The van der Waals surface area contributed by atoms with Gasteiger partial charge in [-0.15, -0.1) is 0 Å². The lowest BCUT2D eigenvalue weighted by atomic mass is 10.2. The Bertz CT molecular complexity index is 981. The SMILES string of the molecule is Nc1nc(Nc2ccc3oc(C(=O)N4CCCNCC4)cc3c2)ncc1F. The maximum atomic E-state index is 13.2. The smallest absolute Gasteiger partial charge is 0.289 e. The molecule has 1 fully saturated rings. The van der Waals surface area contributed by atoms with Crippen molar-refractivity contribution in [1.82, 2.24) is 20.2 Å². The van der Waals surface area contributed by atoms with E-state index >= 15 is 0 Å². The number of rotatable bonds is 3. The Morgan fingerprint density at radius 3 is 3.04 bits per heavy atom. The first-order chi connectivity index (χ1) is 13.1. The first-order valence-electron chi connectivity index (χ1n) is 8.69. The maximum Gasteiger partial charge on any atom is 0.289 e. The Morgan fingerprint density at radius 1 is 1.30 bits per heavy atom. The molecule has 1 aromatic carbocycles. The fourth-order valence-electron chi connectivity index (χ4n) is 3.00. The molecule has 3 heterocycles. The summed E-state index contributed by atoms with van der Waals surface area (Å²) >= 11 is 0. The molecule has 0 saturated carbocycles. The summed E-state index contributed by atoms with van der Waals surface area (Å²) in [5.74, 6) is -0.509. The molecule has 0 atom stereocenters. The summed E-state index contributed by atoms with van der Waals surface area (Å²) in [5, 5.41) is 7.00. The Balaban J connectivity index is 1.56. The Labute approximate surface area is 154 Å². The molecule has 4 N–H and O–H groups in total. The number of nitrogens with two attached hydrogens (primary N) is 1. The van der Waals surface area contributed by atoms with Crippen molar-refractivity contribution in [2.75, 3.05) is 37.2 Å². The molecule has 4 rings (SSSR count). The van der Waals surface area contributed by atoms with Crippen LogP contribution in [0.4, 0.5) is 21.8 Å². The van der Waals surface area contributed by atoms with Crippen LogP contribution in [0.5, 0.6) is 0 Å². The van der Waals surface area contributed by atoms with Gasteiger partial charge in [-0.3, -0.25) is 4.79 Å². The molecule has 3 aromatic rings. The standard InChI is InChI=1S/C18H19FN6O2/c19-13-10-22-18(24-16(13)20)23-12-2-3-14-11(8-12)9-15(27-14)17(26)25-6-1-4-21-5-7-25/h2-3,8-10,21H,1,4-7H2,(H3,20,22,23,24). The van der Waals surface area contributed by atoms with Crippen LogP contribution < -0.4 is 16.4 Å². The van der Waals surface area contributed by atoms with Crippen molar-refractivity contribution in [3.8, 4) is 0 Å². The topological polar surface area (TPSA) is 109 Å². The average molecular weight is 370 g/mol. The number of hydrogen-bond donors (Lipinski definition) is 3. The molecule has 0 aliphatic carbocycles. The van der Waals surface area contributed by atoms with Crippen molar-refractivity contribution in [3.05, 3.63) is 42.0 Å². The number of nitrogens with zero attached hydrogens (tertiary/aromatic N) is 3. The fourth-order valence-corrected chi connectivity index (χ4v) is 3.00. The number of fused-ring (bicyclic) bond motifs is 1. The third-order valence-corrected chi connectivity index (χ3v) is 4.38. The minimum atomic E-state index is -0.669. The van der Waals surface area contributed by atoms with E-state index in [9.17, 15) is 9.18 Å². The van der Waals surface area contributed by atoms with Gasteiger partial charge in [0, 0.05) is 30.7 Å². The van der Waals surface area contributed by atoms with Crippen LogP contribution in [0.3, 0.4) is 0 Å². The third-order valence-electron chi connectivity index (χ3n) is 4.38. The second kappa shape index (κ2) is 7.20. The third kappa shape index (κ3) is 3.68. The van der Waals surface area contributed by atoms with Gasteiger partial charge in [0.2, 0.25) is 5.95 Å². The van der Waals surface area contributed by atoms with Crippen molar-refractivity contribution >= 4 is 34.3 Å². The van der Waals surface area contributed by atoms with Crippen LogP contribution in [-0.4, -0.2) is 47.0 Å². The number of carbonyl (C=O) groups is 1. The highest BCUT2D eigenvalue weighted by molar-refractivity contribution is 5.96. The first kappa shape index (κ1) is 17.2. The average Bonchev–Trinajstić information content (AvgIpc) is 2.89. The summed E-state index contributed by atoms with van der Waals surface area (Å²) in [6, 6.07) is 7.05. The number of nitrogen functional groups attached to an aromatic ring is 1. The van der Waals surface area contributed by atoms with Crippen LogP contribution in [0.2, 0.25) is 0 Å². The van der Waals surface area contributed by atoms with Gasteiger partial charge in [0.05, 0.1) is 6.20 Å². The molecule has 0 unspecified atom stereocenters. The van der Waals surface area contributed by atoms with E-state index in [0.29, 0.717) is 30.1 Å². The fraction of sp³-hybridized carbons (Fsp3) is 0.278. The molecular weight excluding hydrogens is 351 g/mol. The summed E-state index contributed by atoms with van der Waals surface area (Å²) in [4.78, 5) is 22.2. The molecule has 9 heteroatoms. The summed E-state index contributed by atoms with van der Waals surface area (Å²) < 4.78 is 18.9. The van der Waals surface area contributed by atoms with Gasteiger partial charge in [-0.05, 0) is 37.2 Å². The van der Waals surface area contributed by atoms with Gasteiger partial charge in [0.15, 0.2) is 17.4 Å². The molecule has 1 saturated heterocycles. The second-order valence-corrected chi connectivity index (χ2v) is 6.31. The van der Waals surface area contributed by atoms with Crippen molar-refractivity contribution in [2.24, 2.45) is 0 Å². The van der Waals surface area contributed by atoms with Crippen LogP contribution in [0.25, 0.3) is 11.0 Å². The van der Waals surface area contributed by atoms with Gasteiger partial charge in [-0.1, -0.05) is 0 Å². The lowest BCUT2D eigenvalue weighted by Crippen LogP contribution is -2.33. The lowest BCUT2D eigenvalue weighted by Gasteiger charge is -2.18. The van der Waals surface area contributed by atoms with Gasteiger partial charge in [-0.2, -0.15) is 4.98 Å². The summed E-state index contributed by atoms with van der Waals surface area (Å²) in [5.41, 5.74) is 6.74. The van der Waals surface area contributed by atoms with Crippen molar-refractivity contribution in [2.45, 2.75) is 6.42 Å². The molecule has 8 nitrogen and oxygen atoms in total. The van der Waals surface area contributed by atoms with Gasteiger partial charge >= 0.3 is 0 Å². The number of nitrogens with one attached hydrogen (secondary N) is 2. The van der Waals surface area contributed by atoms with Gasteiger partial charge in [-0.25, -0.2) is 9.37 Å². The molecule has 0 radical (unpaired) electrons. The maximum absolute atomic E-state index is 13.2. The van der Waals surface area contributed by atoms with E-state index in [0.717, 1.165) is 31.1 Å². The number of halogens is 1. The highest BCUT2D eigenvalue weighted by Crippen LogP contribution is 2.25. The zero-order chi connectivity index (χ0) is 18.8. The number of hydrogen-bond acceptors (Lipinski definition) is 7. The Morgan fingerprint density at radius 2 is 2.19 bits per heavy atom. The van der Waals surface area contributed by atoms with E-state index in [-0.39, 0.29) is 17.7 Å². The number of amides is 1. The predicted octanol–water partition coefficient (Wildman–Crippen LogP) is 2.12.